The van der Waals surface area contributed by atoms with E-state index < -0.39 is 0 Å². The summed E-state index contributed by atoms with van der Waals surface area (Å²) in [6.07, 6.45) is 1.11. The highest BCUT2D eigenvalue weighted by Crippen LogP contribution is 2.17. The first kappa shape index (κ1) is 13.0. The van der Waals surface area contributed by atoms with Gasteiger partial charge in [-0.1, -0.05) is 36.4 Å². The number of benzene rings is 2. The van der Waals surface area contributed by atoms with Crippen LogP contribution < -0.4 is 5.73 Å². The van der Waals surface area contributed by atoms with Gasteiger partial charge in [-0.25, -0.2) is 0 Å². The van der Waals surface area contributed by atoms with Gasteiger partial charge in [0.1, 0.15) is 0 Å². The maximum absolute atomic E-state index is 5.67. The van der Waals surface area contributed by atoms with E-state index >= 15 is 0 Å². The van der Waals surface area contributed by atoms with Crippen molar-refractivity contribution in [2.75, 3.05) is 11.5 Å². The number of hydrogen-bond acceptors (Lipinski definition) is 2. The third-order valence-corrected chi connectivity index (χ3v) is 4.04. The fourth-order valence-corrected chi connectivity index (χ4v) is 2.90. The van der Waals surface area contributed by atoms with Crippen molar-refractivity contribution in [3.8, 4) is 0 Å². The van der Waals surface area contributed by atoms with Crippen LogP contribution in [0.25, 0.3) is 0 Å². The number of rotatable bonds is 5. The van der Waals surface area contributed by atoms with Gasteiger partial charge in [0.15, 0.2) is 0 Å². The average molecular weight is 257 g/mol. The summed E-state index contributed by atoms with van der Waals surface area (Å²) in [7, 11) is 0. The van der Waals surface area contributed by atoms with Gasteiger partial charge in [-0.15, -0.1) is 0 Å². The monoisotopic (exact) mass is 257 g/mol. The fraction of sp³-hybridized carbons (Fsp3) is 0.250. The van der Waals surface area contributed by atoms with Crippen molar-refractivity contribution in [1.29, 1.82) is 0 Å². The van der Waals surface area contributed by atoms with Gasteiger partial charge in [0.05, 0.1) is 0 Å². The number of thioether (sulfide) groups is 1. The van der Waals surface area contributed by atoms with Crippen LogP contribution in [0.1, 0.15) is 16.7 Å². The highest BCUT2D eigenvalue weighted by Gasteiger charge is 1.98. The zero-order valence-electron chi connectivity index (χ0n) is 10.7. The Hall–Kier alpha value is -1.41. The maximum Gasteiger partial charge on any atom is 0.0314 e. The molecule has 0 fully saturated rings. The topological polar surface area (TPSA) is 26.0 Å². The van der Waals surface area contributed by atoms with Crippen molar-refractivity contribution < 1.29 is 0 Å². The summed E-state index contributed by atoms with van der Waals surface area (Å²) < 4.78 is 0. The van der Waals surface area contributed by atoms with Gasteiger partial charge in [0, 0.05) is 11.4 Å². The number of anilines is 1. The van der Waals surface area contributed by atoms with Crippen LogP contribution in [-0.4, -0.2) is 5.75 Å². The van der Waals surface area contributed by atoms with Gasteiger partial charge in [-0.3, -0.25) is 0 Å². The van der Waals surface area contributed by atoms with Gasteiger partial charge < -0.3 is 5.73 Å². The molecule has 2 aromatic rings. The molecule has 2 heteroatoms. The van der Waals surface area contributed by atoms with Gasteiger partial charge in [0.25, 0.3) is 0 Å². The zero-order chi connectivity index (χ0) is 12.8. The highest BCUT2D eigenvalue weighted by atomic mass is 32.2. The van der Waals surface area contributed by atoms with E-state index in [0.717, 1.165) is 23.6 Å². The molecule has 94 valence electrons. The molecule has 0 unspecified atom stereocenters. The van der Waals surface area contributed by atoms with Gasteiger partial charge in [-0.2, -0.15) is 11.8 Å². The largest absolute Gasteiger partial charge is 0.399 e. The summed E-state index contributed by atoms with van der Waals surface area (Å²) in [6, 6.07) is 16.8. The molecule has 0 aliphatic rings. The molecule has 0 bridgehead atoms. The van der Waals surface area contributed by atoms with E-state index in [9.17, 15) is 0 Å². The normalized spacial score (nSPS) is 10.5. The lowest BCUT2D eigenvalue weighted by molar-refractivity contribution is 1.15. The van der Waals surface area contributed by atoms with Crippen LogP contribution in [-0.2, 0) is 12.2 Å². The van der Waals surface area contributed by atoms with E-state index in [1.54, 1.807) is 0 Å². The Kier molecular flexibility index (Phi) is 4.71. The van der Waals surface area contributed by atoms with E-state index in [2.05, 4.69) is 43.3 Å². The first-order valence-electron chi connectivity index (χ1n) is 6.22. The van der Waals surface area contributed by atoms with Gasteiger partial charge >= 0.3 is 0 Å². The second-order valence-electron chi connectivity index (χ2n) is 4.47. The Bertz CT molecular complexity index is 491. The smallest absolute Gasteiger partial charge is 0.0314 e. The lowest BCUT2D eigenvalue weighted by Gasteiger charge is -2.05. The van der Waals surface area contributed by atoms with Crippen LogP contribution in [0.2, 0.25) is 0 Å². The highest BCUT2D eigenvalue weighted by molar-refractivity contribution is 7.98. The molecule has 0 aliphatic heterocycles. The Labute approximate surface area is 113 Å². The Morgan fingerprint density at radius 2 is 1.72 bits per heavy atom. The summed E-state index contributed by atoms with van der Waals surface area (Å²) in [5.41, 5.74) is 10.7. The molecule has 0 aromatic heterocycles. The van der Waals surface area contributed by atoms with Crippen LogP contribution in [0.15, 0.2) is 48.5 Å². The maximum atomic E-state index is 5.67. The second kappa shape index (κ2) is 6.50. The zero-order valence-corrected chi connectivity index (χ0v) is 11.5. The Morgan fingerprint density at radius 1 is 1.00 bits per heavy atom. The molecule has 0 amide bonds. The van der Waals surface area contributed by atoms with Gasteiger partial charge in [0.2, 0.25) is 0 Å². The van der Waals surface area contributed by atoms with E-state index in [0.29, 0.717) is 0 Å². The fourth-order valence-electron chi connectivity index (χ4n) is 1.83. The molecule has 2 aromatic carbocycles. The molecular weight excluding hydrogens is 238 g/mol. The predicted octanol–water partition coefficient (Wildman–Crippen LogP) is 4.05. The first-order valence-corrected chi connectivity index (χ1v) is 7.38. The molecule has 0 saturated heterocycles. The number of nitrogen functional groups attached to an aromatic ring is 1. The molecule has 0 aliphatic carbocycles. The molecule has 0 atom stereocenters. The summed E-state index contributed by atoms with van der Waals surface area (Å²) >= 11 is 1.99. The molecule has 2 rings (SSSR count). The third-order valence-electron chi connectivity index (χ3n) is 3.03. The standard InChI is InChI=1S/C16H19NS/c1-13-4-2-3-5-15(13)12-18-11-10-14-6-8-16(17)9-7-14/h2-9H,10-12,17H2,1H3. The van der Waals surface area contributed by atoms with E-state index in [1.807, 2.05) is 23.9 Å². The number of nitrogens with two attached hydrogens (primary N) is 1. The molecule has 1 nitrogen and oxygen atoms in total. The van der Waals surface area contributed by atoms with Gasteiger partial charge in [-0.05, 0) is 47.9 Å². The van der Waals surface area contributed by atoms with Crippen LogP contribution in [0.3, 0.4) is 0 Å². The molecule has 2 N–H and O–H groups in total. The number of hydrogen-bond donors (Lipinski definition) is 1. The van der Waals surface area contributed by atoms with E-state index in [-0.39, 0.29) is 0 Å². The Morgan fingerprint density at radius 3 is 2.44 bits per heavy atom. The second-order valence-corrected chi connectivity index (χ2v) is 5.58. The first-order chi connectivity index (χ1) is 8.75. The van der Waals surface area contributed by atoms with Crippen molar-refractivity contribution in [2.24, 2.45) is 0 Å². The minimum absolute atomic E-state index is 0.839. The minimum Gasteiger partial charge on any atom is -0.399 e. The van der Waals surface area contributed by atoms with Crippen molar-refractivity contribution in [3.05, 3.63) is 65.2 Å². The third kappa shape index (κ3) is 3.81. The number of aryl methyl sites for hydroxylation is 2. The molecule has 0 spiro atoms. The molecular formula is C16H19NS. The Balaban J connectivity index is 1.76. The van der Waals surface area contributed by atoms with Crippen molar-refractivity contribution >= 4 is 17.4 Å². The molecule has 0 radical (unpaired) electrons. The molecule has 0 saturated carbocycles. The van der Waals surface area contributed by atoms with Crippen molar-refractivity contribution in [3.63, 3.8) is 0 Å². The molecule has 0 heterocycles. The van der Waals surface area contributed by atoms with Crippen molar-refractivity contribution in [1.82, 2.24) is 0 Å². The summed E-state index contributed by atoms with van der Waals surface area (Å²) in [5, 5.41) is 0. The lowest BCUT2D eigenvalue weighted by atomic mass is 10.1. The van der Waals surface area contributed by atoms with Crippen LogP contribution in [0.5, 0.6) is 0 Å². The summed E-state index contributed by atoms with van der Waals surface area (Å²) in [6.45, 7) is 2.18. The van der Waals surface area contributed by atoms with Crippen LogP contribution >= 0.6 is 11.8 Å². The summed E-state index contributed by atoms with van der Waals surface area (Å²) in [5.74, 6) is 2.25. The van der Waals surface area contributed by atoms with Crippen LogP contribution in [0, 0.1) is 6.92 Å². The lowest BCUT2D eigenvalue weighted by Crippen LogP contribution is -1.92. The molecule has 18 heavy (non-hydrogen) atoms. The summed E-state index contributed by atoms with van der Waals surface area (Å²) in [4.78, 5) is 0. The SMILES string of the molecule is Cc1ccccc1CSCCc1ccc(N)cc1. The van der Waals surface area contributed by atoms with Crippen LogP contribution in [0.4, 0.5) is 5.69 Å². The quantitative estimate of drug-likeness (QED) is 0.646. The average Bonchev–Trinajstić information content (AvgIpc) is 2.39. The predicted molar refractivity (Wildman–Crippen MR) is 81.9 cm³/mol. The van der Waals surface area contributed by atoms with E-state index in [4.69, 9.17) is 5.73 Å². The minimum atomic E-state index is 0.839. The van der Waals surface area contributed by atoms with E-state index in [1.165, 1.54) is 16.7 Å². The van der Waals surface area contributed by atoms with Crippen molar-refractivity contribution in [2.45, 2.75) is 19.1 Å².